The molecule has 0 aliphatic heterocycles. The molecule has 15 heavy (non-hydrogen) atoms. The first-order chi connectivity index (χ1) is 7.18. The van der Waals surface area contributed by atoms with Crippen molar-refractivity contribution in [3.05, 3.63) is 29.0 Å². The Morgan fingerprint density at radius 2 is 2.27 bits per heavy atom. The van der Waals surface area contributed by atoms with E-state index in [0.717, 1.165) is 12.8 Å². The Bertz CT molecular complexity index is 377. The summed E-state index contributed by atoms with van der Waals surface area (Å²) in [5, 5.41) is 0.364. The van der Waals surface area contributed by atoms with Gasteiger partial charge in [0.15, 0.2) is 0 Å². The average Bonchev–Trinajstić information content (AvgIpc) is 2.14. The summed E-state index contributed by atoms with van der Waals surface area (Å²) in [6, 6.07) is 5.50. The van der Waals surface area contributed by atoms with E-state index >= 15 is 0 Å². The van der Waals surface area contributed by atoms with Crippen LogP contribution in [-0.2, 0) is 0 Å². The van der Waals surface area contributed by atoms with Gasteiger partial charge in [-0.2, -0.15) is 0 Å². The van der Waals surface area contributed by atoms with E-state index in [4.69, 9.17) is 11.6 Å². The zero-order chi connectivity index (χ0) is 10.8. The molecular weight excluding hydrogens is 212 g/mol. The van der Waals surface area contributed by atoms with Crippen molar-refractivity contribution in [2.24, 2.45) is 0 Å². The molecule has 0 bridgehead atoms. The molecule has 2 rings (SSSR count). The summed E-state index contributed by atoms with van der Waals surface area (Å²) < 4.78 is 0. The molecule has 80 valence electrons. The van der Waals surface area contributed by atoms with E-state index in [1.165, 1.54) is 6.42 Å². The summed E-state index contributed by atoms with van der Waals surface area (Å²) in [6.45, 7) is 0. The average molecular weight is 225 g/mol. The van der Waals surface area contributed by atoms with Crippen molar-refractivity contribution in [2.75, 3.05) is 7.05 Å². The van der Waals surface area contributed by atoms with E-state index in [1.807, 2.05) is 7.05 Å². The maximum Gasteiger partial charge on any atom is 0.272 e. The standard InChI is InChI=1S/C11H13ClN2O/c1-14(8-4-2-5-8)11(15)9-6-3-7-10(12)13-9/h3,6-8H,2,4-5H2,1H3. The van der Waals surface area contributed by atoms with Crippen LogP contribution in [0.4, 0.5) is 0 Å². The molecule has 1 saturated carbocycles. The molecule has 0 N–H and O–H groups in total. The predicted octanol–water partition coefficient (Wildman–Crippen LogP) is 2.36. The first-order valence-electron chi connectivity index (χ1n) is 5.08. The molecule has 0 unspecified atom stereocenters. The molecule has 1 amide bonds. The number of carbonyl (C=O) groups is 1. The molecule has 1 aliphatic rings. The Balaban J connectivity index is 2.12. The van der Waals surface area contributed by atoms with Crippen LogP contribution in [0.3, 0.4) is 0 Å². The number of halogens is 1. The number of rotatable bonds is 2. The predicted molar refractivity (Wildman–Crippen MR) is 59.0 cm³/mol. The Morgan fingerprint density at radius 3 is 2.80 bits per heavy atom. The number of hydrogen-bond donors (Lipinski definition) is 0. The van der Waals surface area contributed by atoms with Gasteiger partial charge in [-0.05, 0) is 31.4 Å². The largest absolute Gasteiger partial charge is 0.337 e. The fourth-order valence-electron chi connectivity index (χ4n) is 1.65. The van der Waals surface area contributed by atoms with Gasteiger partial charge >= 0.3 is 0 Å². The Hall–Kier alpha value is -1.09. The van der Waals surface area contributed by atoms with Crippen LogP contribution in [0.15, 0.2) is 18.2 Å². The molecule has 0 radical (unpaired) electrons. The van der Waals surface area contributed by atoms with E-state index in [-0.39, 0.29) is 5.91 Å². The van der Waals surface area contributed by atoms with Gasteiger partial charge in [0, 0.05) is 13.1 Å². The maximum atomic E-state index is 11.9. The Labute approximate surface area is 94.1 Å². The lowest BCUT2D eigenvalue weighted by atomic mass is 9.92. The number of nitrogens with zero attached hydrogens (tertiary/aromatic N) is 2. The van der Waals surface area contributed by atoms with Gasteiger partial charge in [-0.25, -0.2) is 4.98 Å². The molecule has 4 heteroatoms. The van der Waals surface area contributed by atoms with E-state index < -0.39 is 0 Å². The molecule has 0 saturated heterocycles. The number of carbonyl (C=O) groups excluding carboxylic acids is 1. The molecule has 0 atom stereocenters. The summed E-state index contributed by atoms with van der Waals surface area (Å²) in [7, 11) is 1.83. The topological polar surface area (TPSA) is 33.2 Å². The van der Waals surface area contributed by atoms with Gasteiger partial charge < -0.3 is 4.90 Å². The third-order valence-corrected chi connectivity index (χ3v) is 3.09. The molecule has 1 aliphatic carbocycles. The van der Waals surface area contributed by atoms with Gasteiger partial charge in [-0.3, -0.25) is 4.79 Å². The third-order valence-electron chi connectivity index (χ3n) is 2.88. The number of amides is 1. The lowest BCUT2D eigenvalue weighted by Gasteiger charge is -2.34. The lowest BCUT2D eigenvalue weighted by molar-refractivity contribution is 0.0646. The summed E-state index contributed by atoms with van der Waals surface area (Å²) >= 11 is 5.74. The second-order valence-electron chi connectivity index (χ2n) is 3.85. The number of hydrogen-bond acceptors (Lipinski definition) is 2. The summed E-state index contributed by atoms with van der Waals surface area (Å²) in [5.41, 5.74) is 0.428. The van der Waals surface area contributed by atoms with Crippen molar-refractivity contribution >= 4 is 17.5 Å². The molecule has 1 heterocycles. The highest BCUT2D eigenvalue weighted by atomic mass is 35.5. The number of pyridine rings is 1. The molecule has 1 fully saturated rings. The van der Waals surface area contributed by atoms with Crippen molar-refractivity contribution in [3.8, 4) is 0 Å². The van der Waals surface area contributed by atoms with Crippen LogP contribution in [-0.4, -0.2) is 28.9 Å². The maximum absolute atomic E-state index is 11.9. The van der Waals surface area contributed by atoms with E-state index in [2.05, 4.69) is 4.98 Å². The minimum atomic E-state index is -0.0396. The lowest BCUT2D eigenvalue weighted by Crippen LogP contribution is -2.41. The third kappa shape index (κ3) is 2.12. The van der Waals surface area contributed by atoms with Gasteiger partial charge in [-0.15, -0.1) is 0 Å². The normalized spacial score (nSPS) is 15.9. The van der Waals surface area contributed by atoms with Crippen molar-refractivity contribution in [2.45, 2.75) is 25.3 Å². The molecule has 0 spiro atoms. The zero-order valence-electron chi connectivity index (χ0n) is 8.61. The smallest absolute Gasteiger partial charge is 0.272 e. The summed E-state index contributed by atoms with van der Waals surface area (Å²) in [6.07, 6.45) is 3.41. The Kier molecular flexibility index (Phi) is 2.91. The van der Waals surface area contributed by atoms with Crippen molar-refractivity contribution in [1.29, 1.82) is 0 Å². The van der Waals surface area contributed by atoms with Crippen molar-refractivity contribution in [1.82, 2.24) is 9.88 Å². The molecule has 3 nitrogen and oxygen atoms in total. The highest BCUT2D eigenvalue weighted by Crippen LogP contribution is 2.24. The second-order valence-corrected chi connectivity index (χ2v) is 4.23. The van der Waals surface area contributed by atoms with Crippen LogP contribution in [0.5, 0.6) is 0 Å². The molecule has 1 aromatic rings. The van der Waals surface area contributed by atoms with Crippen molar-refractivity contribution in [3.63, 3.8) is 0 Å². The minimum Gasteiger partial charge on any atom is -0.337 e. The van der Waals surface area contributed by atoms with E-state index in [1.54, 1.807) is 23.1 Å². The fourth-order valence-corrected chi connectivity index (χ4v) is 1.81. The minimum absolute atomic E-state index is 0.0396. The molecule has 1 aromatic heterocycles. The number of aromatic nitrogens is 1. The van der Waals surface area contributed by atoms with E-state index in [9.17, 15) is 4.79 Å². The van der Waals surface area contributed by atoms with Crippen LogP contribution in [0.2, 0.25) is 5.15 Å². The van der Waals surface area contributed by atoms with E-state index in [0.29, 0.717) is 16.9 Å². The summed E-state index contributed by atoms with van der Waals surface area (Å²) in [4.78, 5) is 17.7. The highest BCUT2D eigenvalue weighted by molar-refractivity contribution is 6.29. The van der Waals surface area contributed by atoms with Gasteiger partial charge in [0.25, 0.3) is 5.91 Å². The Morgan fingerprint density at radius 1 is 1.53 bits per heavy atom. The van der Waals surface area contributed by atoms with Crippen LogP contribution < -0.4 is 0 Å². The monoisotopic (exact) mass is 224 g/mol. The summed E-state index contributed by atoms with van der Waals surface area (Å²) in [5.74, 6) is -0.0396. The first-order valence-corrected chi connectivity index (χ1v) is 5.46. The van der Waals surface area contributed by atoms with Gasteiger partial charge in [0.2, 0.25) is 0 Å². The van der Waals surface area contributed by atoms with Crippen molar-refractivity contribution < 1.29 is 4.79 Å². The molecule has 0 aromatic carbocycles. The molecular formula is C11H13ClN2O. The van der Waals surface area contributed by atoms with Crippen LogP contribution in [0.25, 0.3) is 0 Å². The second kappa shape index (κ2) is 4.19. The fraction of sp³-hybridized carbons (Fsp3) is 0.455. The van der Waals surface area contributed by atoms with Crippen LogP contribution in [0, 0.1) is 0 Å². The quantitative estimate of drug-likeness (QED) is 0.723. The SMILES string of the molecule is CN(C(=O)c1cccc(Cl)n1)C1CCC1. The van der Waals surface area contributed by atoms with Gasteiger partial charge in [0.05, 0.1) is 0 Å². The van der Waals surface area contributed by atoms with Gasteiger partial charge in [-0.1, -0.05) is 17.7 Å². The zero-order valence-corrected chi connectivity index (χ0v) is 9.37. The van der Waals surface area contributed by atoms with Gasteiger partial charge in [0.1, 0.15) is 10.8 Å². The van der Waals surface area contributed by atoms with Crippen LogP contribution in [0.1, 0.15) is 29.8 Å². The highest BCUT2D eigenvalue weighted by Gasteiger charge is 2.26. The van der Waals surface area contributed by atoms with Crippen LogP contribution >= 0.6 is 11.6 Å². The first kappa shape index (κ1) is 10.4.